The molecule has 1 fully saturated rings. The van der Waals surface area contributed by atoms with Crippen LogP contribution in [0.15, 0.2) is 16.8 Å². The van der Waals surface area contributed by atoms with Crippen LogP contribution in [0.5, 0.6) is 0 Å². The van der Waals surface area contributed by atoms with E-state index in [1.54, 1.807) is 11.3 Å². The molecule has 0 aromatic carbocycles. The van der Waals surface area contributed by atoms with Crippen LogP contribution in [-0.2, 0) is 16.4 Å². The van der Waals surface area contributed by atoms with Crippen LogP contribution < -0.4 is 10.0 Å². The van der Waals surface area contributed by atoms with Gasteiger partial charge in [0, 0.05) is 6.54 Å². The molecule has 2 N–H and O–H groups in total. The highest BCUT2D eigenvalue weighted by Crippen LogP contribution is 2.13. The second-order valence-corrected chi connectivity index (χ2v) is 7.38. The Morgan fingerprint density at radius 2 is 2.17 bits per heavy atom. The number of hydrogen-bond acceptors (Lipinski definition) is 4. The van der Waals surface area contributed by atoms with Crippen molar-refractivity contribution in [2.45, 2.75) is 19.3 Å². The van der Waals surface area contributed by atoms with Crippen LogP contribution in [-0.4, -0.2) is 33.8 Å². The van der Waals surface area contributed by atoms with Crippen LogP contribution in [0.3, 0.4) is 0 Å². The average molecular weight is 288 g/mol. The van der Waals surface area contributed by atoms with Gasteiger partial charge in [-0.25, -0.2) is 13.1 Å². The lowest BCUT2D eigenvalue weighted by molar-refractivity contribution is 0.400. The van der Waals surface area contributed by atoms with Gasteiger partial charge in [0.2, 0.25) is 10.0 Å². The molecule has 0 bridgehead atoms. The van der Waals surface area contributed by atoms with Crippen molar-refractivity contribution in [3.63, 3.8) is 0 Å². The molecule has 0 aliphatic carbocycles. The Labute approximate surface area is 113 Å². The number of sulfonamides is 1. The predicted octanol–water partition coefficient (Wildman–Crippen LogP) is 1.21. The van der Waals surface area contributed by atoms with E-state index in [0.29, 0.717) is 12.5 Å². The second kappa shape index (κ2) is 6.65. The smallest absolute Gasteiger partial charge is 0.211 e. The predicted molar refractivity (Wildman–Crippen MR) is 75.4 cm³/mol. The molecule has 4 nitrogen and oxygen atoms in total. The number of piperidine rings is 1. The summed E-state index contributed by atoms with van der Waals surface area (Å²) in [6.07, 6.45) is 2.70. The van der Waals surface area contributed by atoms with Gasteiger partial charge in [-0.1, -0.05) is 0 Å². The summed E-state index contributed by atoms with van der Waals surface area (Å²) in [5.41, 5.74) is 1.20. The third-order valence-corrected chi connectivity index (χ3v) is 5.52. The summed E-state index contributed by atoms with van der Waals surface area (Å²) in [4.78, 5) is 0. The van der Waals surface area contributed by atoms with E-state index in [-0.39, 0.29) is 5.75 Å². The first kappa shape index (κ1) is 14.0. The minimum Gasteiger partial charge on any atom is -0.317 e. The maximum absolute atomic E-state index is 11.9. The van der Waals surface area contributed by atoms with Crippen molar-refractivity contribution in [2.24, 2.45) is 5.92 Å². The molecule has 0 atom stereocenters. The van der Waals surface area contributed by atoms with Gasteiger partial charge in [-0.2, -0.15) is 11.3 Å². The maximum Gasteiger partial charge on any atom is 0.211 e. The summed E-state index contributed by atoms with van der Waals surface area (Å²) in [5.74, 6) is 0.586. The molecule has 102 valence electrons. The largest absolute Gasteiger partial charge is 0.317 e. The van der Waals surface area contributed by atoms with Gasteiger partial charge < -0.3 is 5.32 Å². The molecule has 1 saturated heterocycles. The molecular formula is C12H20N2O2S2. The Balaban J connectivity index is 1.73. The lowest BCUT2D eigenvalue weighted by Gasteiger charge is -2.22. The number of nitrogens with one attached hydrogen (secondary N) is 2. The van der Waals surface area contributed by atoms with Crippen LogP contribution in [0.1, 0.15) is 18.4 Å². The molecule has 1 aromatic rings. The average Bonchev–Trinajstić information content (AvgIpc) is 2.82. The Kier molecular flexibility index (Phi) is 5.17. The Hall–Kier alpha value is -0.430. The van der Waals surface area contributed by atoms with E-state index in [9.17, 15) is 8.42 Å². The van der Waals surface area contributed by atoms with Crippen molar-refractivity contribution in [1.29, 1.82) is 0 Å². The summed E-state index contributed by atoms with van der Waals surface area (Å²) in [6.45, 7) is 2.38. The van der Waals surface area contributed by atoms with Gasteiger partial charge >= 0.3 is 0 Å². The van der Waals surface area contributed by atoms with E-state index < -0.39 is 10.0 Å². The number of rotatable bonds is 6. The van der Waals surface area contributed by atoms with Crippen LogP contribution >= 0.6 is 11.3 Å². The zero-order valence-electron chi connectivity index (χ0n) is 10.4. The fourth-order valence-corrected chi connectivity index (χ4v) is 4.39. The van der Waals surface area contributed by atoms with Gasteiger partial charge in [0.05, 0.1) is 5.75 Å². The highest BCUT2D eigenvalue weighted by Gasteiger charge is 2.20. The minimum absolute atomic E-state index is 0.276. The first-order chi connectivity index (χ1) is 8.66. The maximum atomic E-state index is 11.9. The van der Waals surface area contributed by atoms with Crippen LogP contribution in [0.4, 0.5) is 0 Å². The molecule has 0 unspecified atom stereocenters. The Morgan fingerprint density at radius 3 is 2.83 bits per heavy atom. The Bertz CT molecular complexity index is 437. The molecule has 1 aromatic heterocycles. The van der Waals surface area contributed by atoms with E-state index in [4.69, 9.17) is 0 Å². The summed E-state index contributed by atoms with van der Waals surface area (Å²) in [7, 11) is -3.11. The van der Waals surface area contributed by atoms with Crippen molar-refractivity contribution in [3.8, 4) is 0 Å². The van der Waals surface area contributed by atoms with Gasteiger partial charge in [0.1, 0.15) is 0 Å². The molecule has 0 amide bonds. The standard InChI is InChI=1S/C12H20N2O2S2/c15-18(16,10-12-1-5-13-6-2-12)14-7-3-11-4-8-17-9-11/h4,8-9,12-14H,1-3,5-7,10H2. The van der Waals surface area contributed by atoms with Crippen LogP contribution in [0.2, 0.25) is 0 Å². The van der Waals surface area contributed by atoms with Gasteiger partial charge in [-0.15, -0.1) is 0 Å². The van der Waals surface area contributed by atoms with E-state index in [1.165, 1.54) is 5.56 Å². The molecule has 6 heteroatoms. The van der Waals surface area contributed by atoms with E-state index in [2.05, 4.69) is 15.4 Å². The van der Waals surface area contributed by atoms with Gasteiger partial charge in [0.25, 0.3) is 0 Å². The zero-order valence-corrected chi connectivity index (χ0v) is 12.0. The normalized spacial score (nSPS) is 18.0. The van der Waals surface area contributed by atoms with Crippen molar-refractivity contribution < 1.29 is 8.42 Å². The summed E-state index contributed by atoms with van der Waals surface area (Å²) < 4.78 is 26.5. The van der Waals surface area contributed by atoms with Crippen molar-refractivity contribution in [2.75, 3.05) is 25.4 Å². The third kappa shape index (κ3) is 4.68. The molecule has 2 heterocycles. The molecule has 18 heavy (non-hydrogen) atoms. The van der Waals surface area contributed by atoms with Crippen LogP contribution in [0, 0.1) is 5.92 Å². The molecule has 1 aliphatic heterocycles. The van der Waals surface area contributed by atoms with Crippen molar-refractivity contribution in [3.05, 3.63) is 22.4 Å². The zero-order chi connectivity index (χ0) is 12.8. The summed E-state index contributed by atoms with van der Waals surface area (Å²) >= 11 is 1.64. The highest BCUT2D eigenvalue weighted by molar-refractivity contribution is 7.89. The second-order valence-electron chi connectivity index (χ2n) is 4.75. The molecule has 0 saturated carbocycles. The van der Waals surface area contributed by atoms with Gasteiger partial charge in [0.15, 0.2) is 0 Å². The highest BCUT2D eigenvalue weighted by atomic mass is 32.2. The summed E-state index contributed by atoms with van der Waals surface area (Å²) in [5, 5.41) is 7.32. The summed E-state index contributed by atoms with van der Waals surface area (Å²) in [6, 6.07) is 2.03. The van der Waals surface area contributed by atoms with E-state index in [1.807, 2.05) is 11.4 Å². The fraction of sp³-hybridized carbons (Fsp3) is 0.667. The lowest BCUT2D eigenvalue weighted by Crippen LogP contribution is -2.36. The lowest BCUT2D eigenvalue weighted by atomic mass is 10.0. The van der Waals surface area contributed by atoms with Gasteiger partial charge in [-0.3, -0.25) is 0 Å². The van der Waals surface area contributed by atoms with E-state index >= 15 is 0 Å². The molecular weight excluding hydrogens is 268 g/mol. The van der Waals surface area contributed by atoms with Crippen LogP contribution in [0.25, 0.3) is 0 Å². The fourth-order valence-electron chi connectivity index (χ4n) is 2.20. The molecule has 2 rings (SSSR count). The van der Waals surface area contributed by atoms with Crippen molar-refractivity contribution in [1.82, 2.24) is 10.0 Å². The van der Waals surface area contributed by atoms with Crippen molar-refractivity contribution >= 4 is 21.4 Å². The first-order valence-electron chi connectivity index (χ1n) is 6.35. The quantitative estimate of drug-likeness (QED) is 0.827. The monoisotopic (exact) mass is 288 g/mol. The molecule has 1 aliphatic rings. The first-order valence-corrected chi connectivity index (χ1v) is 8.94. The topological polar surface area (TPSA) is 58.2 Å². The minimum atomic E-state index is -3.11. The SMILES string of the molecule is O=S(=O)(CC1CCNCC1)NCCc1ccsc1. The number of hydrogen-bond donors (Lipinski definition) is 2. The van der Waals surface area contributed by atoms with Gasteiger partial charge in [-0.05, 0) is 60.7 Å². The third-order valence-electron chi connectivity index (χ3n) is 3.23. The molecule has 0 radical (unpaired) electrons. The number of thiophene rings is 1. The van der Waals surface area contributed by atoms with E-state index in [0.717, 1.165) is 32.4 Å². The Morgan fingerprint density at radius 1 is 1.39 bits per heavy atom. The molecule has 0 spiro atoms.